The van der Waals surface area contributed by atoms with Crippen LogP contribution in [0.15, 0.2) is 19.0 Å². The minimum atomic E-state index is -0.100. The predicted octanol–water partition coefficient (Wildman–Crippen LogP) is 0.691. The van der Waals surface area contributed by atoms with Crippen molar-refractivity contribution in [2.24, 2.45) is 0 Å². The van der Waals surface area contributed by atoms with Crippen molar-refractivity contribution in [3.05, 3.63) is 24.7 Å². The van der Waals surface area contributed by atoms with Crippen molar-refractivity contribution in [2.45, 2.75) is 25.4 Å². The molecule has 1 aliphatic rings. The second kappa shape index (κ2) is 5.96. The lowest BCUT2D eigenvalue weighted by atomic mass is 10.2. The molecular weight excluding hydrogens is 296 g/mol. The average Bonchev–Trinajstić information content (AvgIpc) is 3.09. The molecule has 1 fully saturated rings. The molecule has 0 radical (unpaired) electrons. The summed E-state index contributed by atoms with van der Waals surface area (Å²) < 4.78 is 7.09. The molecule has 0 unspecified atom stereocenters. The number of nitrogens with two attached hydrogens (primary N) is 1. The van der Waals surface area contributed by atoms with Crippen molar-refractivity contribution in [3.63, 3.8) is 0 Å². The van der Waals surface area contributed by atoms with E-state index < -0.39 is 0 Å². The van der Waals surface area contributed by atoms with Gasteiger partial charge in [0.1, 0.15) is 12.1 Å². The predicted molar refractivity (Wildman–Crippen MR) is 85.7 cm³/mol. The van der Waals surface area contributed by atoms with Crippen molar-refractivity contribution in [3.8, 4) is 0 Å². The number of ether oxygens (including phenoxy) is 1. The first-order valence-electron chi connectivity index (χ1n) is 7.44. The van der Waals surface area contributed by atoms with Gasteiger partial charge in [0.15, 0.2) is 5.65 Å². The number of rotatable bonds is 4. The molecule has 3 heterocycles. The van der Waals surface area contributed by atoms with E-state index in [9.17, 15) is 4.79 Å². The highest BCUT2D eigenvalue weighted by Crippen LogP contribution is 2.31. The molecule has 1 aliphatic heterocycles. The van der Waals surface area contributed by atoms with Gasteiger partial charge in [-0.15, -0.1) is 0 Å². The number of anilines is 1. The van der Waals surface area contributed by atoms with E-state index in [0.29, 0.717) is 24.6 Å². The third kappa shape index (κ3) is 2.55. The summed E-state index contributed by atoms with van der Waals surface area (Å²) in [6.07, 6.45) is 3.51. The molecule has 122 valence electrons. The van der Waals surface area contributed by atoms with Gasteiger partial charge in [-0.2, -0.15) is 5.10 Å². The van der Waals surface area contributed by atoms with E-state index in [1.807, 2.05) is 11.6 Å². The summed E-state index contributed by atoms with van der Waals surface area (Å²) >= 11 is 0. The van der Waals surface area contributed by atoms with Gasteiger partial charge in [0.2, 0.25) is 5.91 Å². The monoisotopic (exact) mass is 316 g/mol. The quantitative estimate of drug-likeness (QED) is 0.833. The highest BCUT2D eigenvalue weighted by Gasteiger charge is 2.36. The molecule has 1 saturated heterocycles. The molecule has 8 nitrogen and oxygen atoms in total. The maximum absolute atomic E-state index is 12.1. The van der Waals surface area contributed by atoms with Gasteiger partial charge < -0.3 is 15.4 Å². The van der Waals surface area contributed by atoms with Crippen LogP contribution >= 0.6 is 0 Å². The third-order valence-corrected chi connectivity index (χ3v) is 4.25. The number of carbonyl (C=O) groups excluding carboxylic acids is 1. The fraction of sp³-hybridized carbons (Fsp3) is 0.467. The molecule has 23 heavy (non-hydrogen) atoms. The number of likely N-dealkylation sites (tertiary alicyclic amines) is 1. The van der Waals surface area contributed by atoms with Gasteiger partial charge in [0, 0.05) is 13.7 Å². The number of aryl methyl sites for hydroxylation is 1. The van der Waals surface area contributed by atoms with E-state index in [1.54, 1.807) is 12.0 Å². The summed E-state index contributed by atoms with van der Waals surface area (Å²) in [5.74, 6) is 0.320. The first kappa shape index (κ1) is 15.4. The standard InChI is InChI=1S/C15H20N6O2/c1-4-12(22)20-6-10(5-11(20)7-23-3)21-15-13(9(2)19-21)14(16)17-8-18-15/h4,8,10-11H,1,5-7H2,2-3H3,(H2,16,17,18)/t10-,11+/m0/s1. The Morgan fingerprint density at radius 1 is 1.57 bits per heavy atom. The van der Waals surface area contributed by atoms with E-state index in [0.717, 1.165) is 17.5 Å². The summed E-state index contributed by atoms with van der Waals surface area (Å²) in [5.41, 5.74) is 7.42. The Balaban J connectivity index is 1.98. The average molecular weight is 316 g/mol. The van der Waals surface area contributed by atoms with Gasteiger partial charge in [0.05, 0.1) is 29.8 Å². The fourth-order valence-electron chi connectivity index (χ4n) is 3.23. The first-order chi connectivity index (χ1) is 11.1. The lowest BCUT2D eigenvalue weighted by Gasteiger charge is -2.22. The Bertz CT molecular complexity index is 756. The van der Waals surface area contributed by atoms with E-state index in [-0.39, 0.29) is 18.0 Å². The van der Waals surface area contributed by atoms with Gasteiger partial charge >= 0.3 is 0 Å². The van der Waals surface area contributed by atoms with Crippen LogP contribution in [-0.2, 0) is 9.53 Å². The van der Waals surface area contributed by atoms with Gasteiger partial charge in [0.25, 0.3) is 0 Å². The second-order valence-electron chi connectivity index (χ2n) is 5.68. The van der Waals surface area contributed by atoms with Crippen LogP contribution in [0, 0.1) is 6.92 Å². The van der Waals surface area contributed by atoms with Crippen LogP contribution in [0.25, 0.3) is 11.0 Å². The number of amides is 1. The van der Waals surface area contributed by atoms with Gasteiger partial charge in [-0.05, 0) is 19.4 Å². The number of carbonyl (C=O) groups is 1. The minimum Gasteiger partial charge on any atom is -0.383 e. The van der Waals surface area contributed by atoms with Crippen molar-refractivity contribution in [1.82, 2.24) is 24.6 Å². The van der Waals surface area contributed by atoms with Gasteiger partial charge in [-0.3, -0.25) is 4.79 Å². The van der Waals surface area contributed by atoms with Crippen LogP contribution in [0.3, 0.4) is 0 Å². The maximum atomic E-state index is 12.1. The molecule has 0 aliphatic carbocycles. The zero-order chi connectivity index (χ0) is 16.6. The van der Waals surface area contributed by atoms with E-state index in [4.69, 9.17) is 10.5 Å². The van der Waals surface area contributed by atoms with Crippen LogP contribution in [0.4, 0.5) is 5.82 Å². The first-order valence-corrected chi connectivity index (χ1v) is 7.44. The van der Waals surface area contributed by atoms with Gasteiger partial charge in [-0.1, -0.05) is 6.58 Å². The van der Waals surface area contributed by atoms with E-state index in [1.165, 1.54) is 12.4 Å². The topological polar surface area (TPSA) is 99.2 Å². The maximum Gasteiger partial charge on any atom is 0.246 e. The van der Waals surface area contributed by atoms with Crippen molar-refractivity contribution >= 4 is 22.8 Å². The van der Waals surface area contributed by atoms with Crippen LogP contribution in [0.2, 0.25) is 0 Å². The van der Waals surface area contributed by atoms with Crippen LogP contribution in [0.5, 0.6) is 0 Å². The summed E-state index contributed by atoms with van der Waals surface area (Å²) in [7, 11) is 1.63. The highest BCUT2D eigenvalue weighted by molar-refractivity contribution is 5.88. The molecule has 8 heteroatoms. The molecule has 0 aromatic carbocycles. The number of nitrogens with zero attached hydrogens (tertiary/aromatic N) is 5. The largest absolute Gasteiger partial charge is 0.383 e. The lowest BCUT2D eigenvalue weighted by molar-refractivity contribution is -0.127. The number of hydrogen-bond acceptors (Lipinski definition) is 6. The smallest absolute Gasteiger partial charge is 0.246 e. The van der Waals surface area contributed by atoms with E-state index in [2.05, 4.69) is 21.6 Å². The Morgan fingerprint density at radius 3 is 3.04 bits per heavy atom. The number of methoxy groups -OCH3 is 1. The zero-order valence-corrected chi connectivity index (χ0v) is 13.3. The van der Waals surface area contributed by atoms with Crippen molar-refractivity contribution in [2.75, 3.05) is 26.0 Å². The highest BCUT2D eigenvalue weighted by atomic mass is 16.5. The molecule has 1 amide bonds. The Morgan fingerprint density at radius 2 is 2.35 bits per heavy atom. The Hall–Kier alpha value is -2.48. The Labute approximate surface area is 133 Å². The third-order valence-electron chi connectivity index (χ3n) is 4.25. The summed E-state index contributed by atoms with van der Waals surface area (Å²) in [6, 6.07) is 0.0128. The fourth-order valence-corrected chi connectivity index (χ4v) is 3.23. The van der Waals surface area contributed by atoms with Crippen LogP contribution < -0.4 is 5.73 Å². The SMILES string of the molecule is C=CC(=O)N1C[C@@H](n2nc(C)c3c(N)ncnc32)C[C@@H]1COC. The Kier molecular flexibility index (Phi) is 3.99. The second-order valence-corrected chi connectivity index (χ2v) is 5.68. The minimum absolute atomic E-state index is 0.00533. The summed E-state index contributed by atoms with van der Waals surface area (Å²) in [5, 5.41) is 5.34. The number of hydrogen-bond donors (Lipinski definition) is 1. The molecule has 2 aromatic rings. The number of aromatic nitrogens is 4. The zero-order valence-electron chi connectivity index (χ0n) is 13.3. The molecule has 2 atom stereocenters. The van der Waals surface area contributed by atoms with E-state index >= 15 is 0 Å². The number of fused-ring (bicyclic) bond motifs is 1. The molecule has 2 N–H and O–H groups in total. The normalized spacial score (nSPS) is 21.0. The number of nitrogen functional groups attached to an aromatic ring is 1. The molecule has 0 bridgehead atoms. The molecule has 3 rings (SSSR count). The molecular formula is C15H20N6O2. The summed E-state index contributed by atoms with van der Waals surface area (Å²) in [6.45, 7) is 6.47. The molecule has 2 aromatic heterocycles. The molecule has 0 saturated carbocycles. The van der Waals surface area contributed by atoms with Crippen molar-refractivity contribution < 1.29 is 9.53 Å². The van der Waals surface area contributed by atoms with Crippen LogP contribution in [-0.4, -0.2) is 56.9 Å². The van der Waals surface area contributed by atoms with Crippen molar-refractivity contribution in [1.29, 1.82) is 0 Å². The summed E-state index contributed by atoms with van der Waals surface area (Å²) in [4.78, 5) is 22.2. The lowest BCUT2D eigenvalue weighted by Crippen LogP contribution is -2.37. The van der Waals surface area contributed by atoms with Gasteiger partial charge in [-0.25, -0.2) is 14.6 Å². The van der Waals surface area contributed by atoms with Crippen LogP contribution in [0.1, 0.15) is 18.2 Å². The molecule has 0 spiro atoms.